The van der Waals surface area contributed by atoms with E-state index in [9.17, 15) is 0 Å². The fourth-order valence-corrected chi connectivity index (χ4v) is 2.45. The fourth-order valence-electron chi connectivity index (χ4n) is 1.83. The number of aromatic nitrogens is 2. The molecular formula is C13H11BrN2S. The van der Waals surface area contributed by atoms with Gasteiger partial charge in [0, 0.05) is 5.92 Å². The Kier molecular flexibility index (Phi) is 2.84. The standard InChI is InChI=1S/C13H11BrN2S/c14-10-11(8-4-2-1-3-5-8)15-12(9-6-7-9)16-13(10)17/h1-5,9H,6-7H2,(H,15,16,17). The van der Waals surface area contributed by atoms with Gasteiger partial charge in [0.05, 0.1) is 10.2 Å². The van der Waals surface area contributed by atoms with Gasteiger partial charge in [0.15, 0.2) is 0 Å². The summed E-state index contributed by atoms with van der Waals surface area (Å²) in [4.78, 5) is 7.84. The van der Waals surface area contributed by atoms with Gasteiger partial charge in [-0.15, -0.1) is 0 Å². The molecule has 1 aliphatic rings. The Hall–Kier alpha value is -1.00. The predicted octanol–water partition coefficient (Wildman–Crippen LogP) is 4.45. The van der Waals surface area contributed by atoms with E-state index in [2.05, 4.69) is 38.0 Å². The van der Waals surface area contributed by atoms with Crippen molar-refractivity contribution in [3.8, 4) is 11.3 Å². The lowest BCUT2D eigenvalue weighted by Crippen LogP contribution is -1.97. The lowest BCUT2D eigenvalue weighted by atomic mass is 10.1. The van der Waals surface area contributed by atoms with Crippen LogP contribution >= 0.6 is 28.1 Å². The van der Waals surface area contributed by atoms with Crippen molar-refractivity contribution in [2.45, 2.75) is 18.8 Å². The number of aromatic amines is 1. The molecule has 1 saturated carbocycles. The summed E-state index contributed by atoms with van der Waals surface area (Å²) in [7, 11) is 0. The van der Waals surface area contributed by atoms with Gasteiger partial charge >= 0.3 is 0 Å². The van der Waals surface area contributed by atoms with Crippen LogP contribution < -0.4 is 0 Å². The zero-order valence-electron chi connectivity index (χ0n) is 9.11. The summed E-state index contributed by atoms with van der Waals surface area (Å²) in [5, 5.41) is 0. The summed E-state index contributed by atoms with van der Waals surface area (Å²) in [6.07, 6.45) is 2.43. The van der Waals surface area contributed by atoms with Gasteiger partial charge in [0.1, 0.15) is 10.5 Å². The summed E-state index contributed by atoms with van der Waals surface area (Å²) in [6.45, 7) is 0. The molecular weight excluding hydrogens is 296 g/mol. The zero-order chi connectivity index (χ0) is 11.8. The molecule has 0 unspecified atom stereocenters. The van der Waals surface area contributed by atoms with Crippen LogP contribution in [0.5, 0.6) is 0 Å². The van der Waals surface area contributed by atoms with Crippen molar-refractivity contribution < 1.29 is 0 Å². The Morgan fingerprint density at radius 1 is 1.24 bits per heavy atom. The van der Waals surface area contributed by atoms with E-state index in [0.29, 0.717) is 10.6 Å². The normalized spacial score (nSPS) is 14.9. The zero-order valence-corrected chi connectivity index (χ0v) is 11.5. The molecule has 1 heterocycles. The van der Waals surface area contributed by atoms with E-state index in [-0.39, 0.29) is 0 Å². The highest BCUT2D eigenvalue weighted by atomic mass is 79.9. The highest BCUT2D eigenvalue weighted by molar-refractivity contribution is 9.10. The third kappa shape index (κ3) is 2.19. The van der Waals surface area contributed by atoms with Gasteiger partial charge in [0.25, 0.3) is 0 Å². The van der Waals surface area contributed by atoms with Crippen LogP contribution in [0.15, 0.2) is 34.8 Å². The van der Waals surface area contributed by atoms with Crippen molar-refractivity contribution in [3.63, 3.8) is 0 Å². The highest BCUT2D eigenvalue weighted by Crippen LogP contribution is 2.39. The van der Waals surface area contributed by atoms with Gasteiger partial charge in [-0.1, -0.05) is 42.5 Å². The summed E-state index contributed by atoms with van der Waals surface area (Å²) in [6, 6.07) is 10.2. The molecule has 1 N–H and O–H groups in total. The molecule has 17 heavy (non-hydrogen) atoms. The van der Waals surface area contributed by atoms with Crippen LogP contribution in [0.3, 0.4) is 0 Å². The van der Waals surface area contributed by atoms with Crippen molar-refractivity contribution in [2.24, 2.45) is 0 Å². The first kappa shape index (κ1) is 11.1. The number of H-pyrrole nitrogens is 1. The van der Waals surface area contributed by atoms with Crippen molar-refractivity contribution in [1.82, 2.24) is 9.97 Å². The van der Waals surface area contributed by atoms with Gasteiger partial charge in [-0.25, -0.2) is 4.98 Å². The quantitative estimate of drug-likeness (QED) is 0.831. The maximum atomic E-state index is 5.30. The Bertz CT molecular complexity index is 603. The topological polar surface area (TPSA) is 28.7 Å². The Balaban J connectivity index is 2.18. The van der Waals surface area contributed by atoms with E-state index < -0.39 is 0 Å². The fraction of sp³-hybridized carbons (Fsp3) is 0.231. The second-order valence-electron chi connectivity index (χ2n) is 4.26. The minimum atomic E-state index is 0.576. The van der Waals surface area contributed by atoms with Crippen LogP contribution in [-0.4, -0.2) is 9.97 Å². The maximum Gasteiger partial charge on any atom is 0.144 e. The second-order valence-corrected chi connectivity index (χ2v) is 5.44. The Morgan fingerprint density at radius 2 is 1.94 bits per heavy atom. The van der Waals surface area contributed by atoms with E-state index >= 15 is 0 Å². The highest BCUT2D eigenvalue weighted by Gasteiger charge is 2.26. The number of rotatable bonds is 2. The molecule has 2 nitrogen and oxygen atoms in total. The second kappa shape index (κ2) is 4.35. The van der Waals surface area contributed by atoms with Crippen molar-refractivity contribution >= 4 is 28.1 Å². The third-order valence-electron chi connectivity index (χ3n) is 2.91. The third-order valence-corrected chi connectivity index (χ3v) is 4.24. The largest absolute Gasteiger partial charge is 0.342 e. The van der Waals surface area contributed by atoms with Crippen LogP contribution in [0.1, 0.15) is 24.6 Å². The van der Waals surface area contributed by atoms with E-state index in [4.69, 9.17) is 12.2 Å². The molecule has 2 aromatic rings. The summed E-state index contributed by atoms with van der Waals surface area (Å²) < 4.78 is 1.52. The molecule has 0 amide bonds. The average molecular weight is 307 g/mol. The van der Waals surface area contributed by atoms with Crippen LogP contribution in [-0.2, 0) is 0 Å². The van der Waals surface area contributed by atoms with Crippen LogP contribution in [0.25, 0.3) is 11.3 Å². The van der Waals surface area contributed by atoms with Crippen LogP contribution in [0.2, 0.25) is 0 Å². The molecule has 0 bridgehead atoms. The minimum absolute atomic E-state index is 0.576. The smallest absolute Gasteiger partial charge is 0.144 e. The van der Waals surface area contributed by atoms with Crippen LogP contribution in [0, 0.1) is 4.64 Å². The Morgan fingerprint density at radius 3 is 2.59 bits per heavy atom. The first-order valence-electron chi connectivity index (χ1n) is 5.61. The van der Waals surface area contributed by atoms with E-state index in [0.717, 1.165) is 21.6 Å². The van der Waals surface area contributed by atoms with Crippen molar-refractivity contribution in [1.29, 1.82) is 0 Å². The van der Waals surface area contributed by atoms with E-state index in [1.165, 1.54) is 12.8 Å². The van der Waals surface area contributed by atoms with Crippen molar-refractivity contribution in [2.75, 3.05) is 0 Å². The molecule has 86 valence electrons. The summed E-state index contributed by atoms with van der Waals surface area (Å²) in [5.74, 6) is 1.60. The number of hydrogen-bond donors (Lipinski definition) is 1. The SMILES string of the molecule is S=c1nc(C2CC2)[nH]c(-c2ccccc2)c1Br. The molecule has 0 spiro atoms. The number of benzene rings is 1. The number of nitrogens with one attached hydrogen (secondary N) is 1. The van der Waals surface area contributed by atoms with Crippen molar-refractivity contribution in [3.05, 3.63) is 45.3 Å². The first-order chi connectivity index (χ1) is 8.25. The van der Waals surface area contributed by atoms with E-state index in [1.807, 2.05) is 18.2 Å². The molecule has 0 radical (unpaired) electrons. The van der Waals surface area contributed by atoms with Gasteiger partial charge in [0.2, 0.25) is 0 Å². The van der Waals surface area contributed by atoms with Gasteiger partial charge in [-0.2, -0.15) is 0 Å². The molecule has 1 aromatic carbocycles. The average Bonchev–Trinajstić information content (AvgIpc) is 3.18. The summed E-state index contributed by atoms with van der Waals surface area (Å²) in [5.41, 5.74) is 2.17. The minimum Gasteiger partial charge on any atom is -0.342 e. The van der Waals surface area contributed by atoms with Gasteiger partial charge < -0.3 is 4.98 Å². The molecule has 1 aromatic heterocycles. The van der Waals surface area contributed by atoms with Crippen LogP contribution in [0.4, 0.5) is 0 Å². The molecule has 0 saturated heterocycles. The molecule has 1 aliphatic carbocycles. The van der Waals surface area contributed by atoms with E-state index in [1.54, 1.807) is 0 Å². The molecule has 4 heteroatoms. The Labute approximate surface area is 113 Å². The summed E-state index contributed by atoms with van der Waals surface area (Å²) >= 11 is 8.82. The lowest BCUT2D eigenvalue weighted by Gasteiger charge is -2.08. The molecule has 1 fully saturated rings. The first-order valence-corrected chi connectivity index (χ1v) is 6.81. The lowest BCUT2D eigenvalue weighted by molar-refractivity contribution is 0.919. The van der Waals surface area contributed by atoms with Gasteiger partial charge in [-0.05, 0) is 34.3 Å². The monoisotopic (exact) mass is 306 g/mol. The molecule has 3 rings (SSSR count). The van der Waals surface area contributed by atoms with Gasteiger partial charge in [-0.3, -0.25) is 0 Å². The maximum absolute atomic E-state index is 5.30. The number of hydrogen-bond acceptors (Lipinski definition) is 2. The molecule has 0 atom stereocenters. The molecule has 0 aliphatic heterocycles. The number of halogens is 1. The predicted molar refractivity (Wildman–Crippen MR) is 74.5 cm³/mol. The number of nitrogens with zero attached hydrogens (tertiary/aromatic N) is 1.